The van der Waals surface area contributed by atoms with E-state index in [0.29, 0.717) is 22.2 Å². The van der Waals surface area contributed by atoms with Crippen molar-refractivity contribution in [1.29, 1.82) is 0 Å². The Hall–Kier alpha value is -2.01. The predicted octanol–water partition coefficient (Wildman–Crippen LogP) is 2.78. The van der Waals surface area contributed by atoms with Gasteiger partial charge in [0.1, 0.15) is 17.5 Å². The molecule has 1 aromatic heterocycles. The molecule has 0 aliphatic rings. The molecule has 0 amide bonds. The lowest BCUT2D eigenvalue weighted by Gasteiger charge is -2.07. The lowest BCUT2D eigenvalue weighted by Crippen LogP contribution is -2.01. The average Bonchev–Trinajstić information content (AvgIpc) is 2.22. The molecular weight excluding hydrogens is 243 g/mol. The number of nitrogens with zero attached hydrogens (tertiary/aromatic N) is 1. The third kappa shape index (κ3) is 2.76. The van der Waals surface area contributed by atoms with E-state index < -0.39 is 5.82 Å². The number of nitrogens with two attached hydrogens (primary N) is 2. The van der Waals surface area contributed by atoms with Crippen LogP contribution in [0, 0.1) is 5.82 Å². The van der Waals surface area contributed by atoms with Gasteiger partial charge in [-0.2, -0.15) is 0 Å². The number of pyridine rings is 1. The number of hydrogen-bond donors (Lipinski definition) is 3. The first kappa shape index (κ1) is 11.5. The van der Waals surface area contributed by atoms with E-state index in [1.165, 1.54) is 12.1 Å². The Labute approximate surface area is 102 Å². The first-order valence-corrected chi connectivity index (χ1v) is 5.17. The zero-order valence-corrected chi connectivity index (χ0v) is 9.50. The van der Waals surface area contributed by atoms with Crippen molar-refractivity contribution in [3.05, 3.63) is 41.2 Å². The Balaban J connectivity index is 2.28. The third-order valence-corrected chi connectivity index (χ3v) is 2.31. The normalized spacial score (nSPS) is 10.2. The van der Waals surface area contributed by atoms with E-state index in [4.69, 9.17) is 23.1 Å². The molecule has 17 heavy (non-hydrogen) atoms. The fourth-order valence-electron chi connectivity index (χ4n) is 1.33. The summed E-state index contributed by atoms with van der Waals surface area (Å²) in [5.74, 6) is 0.263. The van der Waals surface area contributed by atoms with Gasteiger partial charge in [-0.1, -0.05) is 11.6 Å². The van der Waals surface area contributed by atoms with Crippen molar-refractivity contribution in [2.24, 2.45) is 0 Å². The summed E-state index contributed by atoms with van der Waals surface area (Å²) in [6.07, 6.45) is 0. The minimum absolute atomic E-state index is 0.220. The van der Waals surface area contributed by atoms with E-state index in [1.54, 1.807) is 18.2 Å². The van der Waals surface area contributed by atoms with Crippen molar-refractivity contribution in [2.75, 3.05) is 16.8 Å². The van der Waals surface area contributed by atoms with Crippen LogP contribution >= 0.6 is 11.6 Å². The Kier molecular flexibility index (Phi) is 3.01. The van der Waals surface area contributed by atoms with Gasteiger partial charge in [-0.05, 0) is 30.3 Å². The fourth-order valence-corrected chi connectivity index (χ4v) is 1.55. The van der Waals surface area contributed by atoms with Gasteiger partial charge in [0.05, 0.1) is 5.69 Å². The number of nitrogens with one attached hydrogen (secondary N) is 1. The van der Waals surface area contributed by atoms with Gasteiger partial charge in [0.15, 0.2) is 0 Å². The topological polar surface area (TPSA) is 77.0 Å². The fraction of sp³-hybridized carbons (Fsp3) is 0. The van der Waals surface area contributed by atoms with Crippen LogP contribution in [0.3, 0.4) is 0 Å². The van der Waals surface area contributed by atoms with Gasteiger partial charge in [0.25, 0.3) is 0 Å². The molecule has 1 aromatic carbocycles. The van der Waals surface area contributed by atoms with Crippen LogP contribution in [-0.2, 0) is 0 Å². The summed E-state index contributed by atoms with van der Waals surface area (Å²) in [5.41, 5.74) is 12.0. The molecule has 4 nitrogen and oxygen atoms in total. The summed E-state index contributed by atoms with van der Waals surface area (Å²) >= 11 is 5.73. The second kappa shape index (κ2) is 4.47. The highest BCUT2D eigenvalue weighted by Crippen LogP contribution is 2.22. The molecule has 0 aliphatic carbocycles. The van der Waals surface area contributed by atoms with Gasteiger partial charge < -0.3 is 16.8 Å². The first-order chi connectivity index (χ1) is 8.04. The highest BCUT2D eigenvalue weighted by atomic mass is 35.5. The van der Waals surface area contributed by atoms with Gasteiger partial charge in [0.2, 0.25) is 0 Å². The van der Waals surface area contributed by atoms with E-state index in [0.717, 1.165) is 0 Å². The van der Waals surface area contributed by atoms with Gasteiger partial charge in [0, 0.05) is 10.7 Å². The summed E-state index contributed by atoms with van der Waals surface area (Å²) in [7, 11) is 0. The average molecular weight is 253 g/mol. The van der Waals surface area contributed by atoms with Crippen molar-refractivity contribution in [2.45, 2.75) is 0 Å². The van der Waals surface area contributed by atoms with Crippen molar-refractivity contribution in [3.63, 3.8) is 0 Å². The van der Waals surface area contributed by atoms with Crippen molar-refractivity contribution in [3.8, 4) is 0 Å². The summed E-state index contributed by atoms with van der Waals surface area (Å²) in [6.45, 7) is 0. The molecule has 0 saturated heterocycles. The molecule has 5 N–H and O–H groups in total. The first-order valence-electron chi connectivity index (χ1n) is 4.80. The Bertz CT molecular complexity index is 539. The summed E-state index contributed by atoms with van der Waals surface area (Å²) in [6, 6.07) is 7.37. The van der Waals surface area contributed by atoms with E-state index in [2.05, 4.69) is 10.3 Å². The van der Waals surface area contributed by atoms with E-state index in [1.807, 2.05) is 0 Å². The highest BCUT2D eigenvalue weighted by Gasteiger charge is 2.02. The molecule has 0 saturated carbocycles. The lowest BCUT2D eigenvalue weighted by molar-refractivity contribution is 0.628. The number of hydrogen-bond acceptors (Lipinski definition) is 4. The number of aromatic nitrogens is 1. The van der Waals surface area contributed by atoms with Crippen molar-refractivity contribution < 1.29 is 4.39 Å². The Morgan fingerprint density at radius 3 is 2.59 bits per heavy atom. The van der Waals surface area contributed by atoms with Crippen LogP contribution in [-0.4, -0.2) is 4.98 Å². The molecule has 0 atom stereocenters. The molecule has 2 rings (SSSR count). The maximum Gasteiger partial charge on any atom is 0.149 e. The predicted molar refractivity (Wildman–Crippen MR) is 67.8 cm³/mol. The standard InChI is InChI=1S/C11H10ClFN4/c12-6-3-7(13)5-8(4-6)16-10-2-1-9(14)11(15)17-10/h1-5H,14H2,(H3,15,16,17). The van der Waals surface area contributed by atoms with Crippen LogP contribution in [0.1, 0.15) is 0 Å². The Morgan fingerprint density at radius 1 is 1.18 bits per heavy atom. The SMILES string of the molecule is Nc1ccc(Nc2cc(F)cc(Cl)c2)nc1N. The number of halogens is 2. The maximum atomic E-state index is 13.1. The minimum Gasteiger partial charge on any atom is -0.396 e. The largest absolute Gasteiger partial charge is 0.396 e. The van der Waals surface area contributed by atoms with Crippen LogP contribution in [0.15, 0.2) is 30.3 Å². The van der Waals surface area contributed by atoms with Gasteiger partial charge in [-0.15, -0.1) is 0 Å². The molecule has 0 unspecified atom stereocenters. The van der Waals surface area contributed by atoms with Gasteiger partial charge >= 0.3 is 0 Å². The third-order valence-electron chi connectivity index (χ3n) is 2.09. The van der Waals surface area contributed by atoms with Crippen molar-refractivity contribution in [1.82, 2.24) is 4.98 Å². The molecule has 1 heterocycles. The lowest BCUT2D eigenvalue weighted by atomic mass is 10.3. The quantitative estimate of drug-likeness (QED) is 0.768. The molecular formula is C11H10ClFN4. The van der Waals surface area contributed by atoms with E-state index in [9.17, 15) is 4.39 Å². The molecule has 0 radical (unpaired) electrons. The monoisotopic (exact) mass is 252 g/mol. The van der Waals surface area contributed by atoms with Crippen LogP contribution < -0.4 is 16.8 Å². The maximum absolute atomic E-state index is 13.1. The highest BCUT2D eigenvalue weighted by molar-refractivity contribution is 6.30. The number of anilines is 4. The minimum atomic E-state index is -0.427. The second-order valence-electron chi connectivity index (χ2n) is 3.45. The van der Waals surface area contributed by atoms with Crippen molar-refractivity contribution >= 4 is 34.6 Å². The molecule has 2 aromatic rings. The molecule has 6 heteroatoms. The number of benzene rings is 1. The molecule has 0 spiro atoms. The molecule has 0 aliphatic heterocycles. The van der Waals surface area contributed by atoms with Crippen LogP contribution in [0.2, 0.25) is 5.02 Å². The van der Waals surface area contributed by atoms with E-state index >= 15 is 0 Å². The summed E-state index contributed by atoms with van der Waals surface area (Å²) < 4.78 is 13.1. The zero-order chi connectivity index (χ0) is 12.4. The number of rotatable bonds is 2. The number of nitrogen functional groups attached to an aromatic ring is 2. The van der Waals surface area contributed by atoms with Crippen LogP contribution in [0.25, 0.3) is 0 Å². The molecule has 0 fully saturated rings. The second-order valence-corrected chi connectivity index (χ2v) is 3.89. The summed E-state index contributed by atoms with van der Waals surface area (Å²) in [4.78, 5) is 4.00. The Morgan fingerprint density at radius 2 is 1.94 bits per heavy atom. The van der Waals surface area contributed by atoms with Crippen LogP contribution in [0.5, 0.6) is 0 Å². The molecule has 0 bridgehead atoms. The van der Waals surface area contributed by atoms with Gasteiger partial charge in [-0.3, -0.25) is 0 Å². The zero-order valence-electron chi connectivity index (χ0n) is 8.74. The van der Waals surface area contributed by atoms with E-state index in [-0.39, 0.29) is 5.82 Å². The molecule has 88 valence electrons. The smallest absolute Gasteiger partial charge is 0.149 e. The summed E-state index contributed by atoms with van der Waals surface area (Å²) in [5, 5.41) is 3.18. The van der Waals surface area contributed by atoms with Gasteiger partial charge in [-0.25, -0.2) is 9.37 Å². The van der Waals surface area contributed by atoms with Crippen LogP contribution in [0.4, 0.5) is 27.4 Å².